The summed E-state index contributed by atoms with van der Waals surface area (Å²) in [5.41, 5.74) is 8.77. The Morgan fingerprint density at radius 3 is 2.47 bits per heavy atom. The van der Waals surface area contributed by atoms with Crippen molar-refractivity contribution in [3.05, 3.63) is 34.7 Å². The fraction of sp³-hybridized carbons (Fsp3) is 0.267. The molecule has 2 rings (SSSR count). The highest BCUT2D eigenvalue weighted by Gasteiger charge is 2.15. The molecule has 2 aromatic rings. The summed E-state index contributed by atoms with van der Waals surface area (Å²) in [4.78, 5) is 1.68. The molecule has 1 heterocycles. The molecule has 4 heteroatoms. The van der Waals surface area contributed by atoms with Crippen molar-refractivity contribution in [2.45, 2.75) is 20.3 Å². The lowest BCUT2D eigenvalue weighted by Gasteiger charge is -2.05. The van der Waals surface area contributed by atoms with Crippen LogP contribution in [-0.2, 0) is 6.42 Å². The van der Waals surface area contributed by atoms with E-state index in [1.807, 2.05) is 31.2 Å². The zero-order valence-corrected chi connectivity index (χ0v) is 11.9. The quantitative estimate of drug-likeness (QED) is 0.920. The number of nitrogens with two attached hydrogens (primary N) is 1. The van der Waals surface area contributed by atoms with Crippen LogP contribution in [0.15, 0.2) is 24.3 Å². The minimum atomic E-state index is 0.598. The monoisotopic (exact) mass is 272 g/mol. The van der Waals surface area contributed by atoms with Gasteiger partial charge in [-0.2, -0.15) is 5.26 Å². The maximum atomic E-state index is 9.07. The van der Waals surface area contributed by atoms with Gasteiger partial charge in [0.1, 0.15) is 16.7 Å². The fourth-order valence-corrected chi connectivity index (χ4v) is 3.13. The Hall–Kier alpha value is -1.99. The molecular weight excluding hydrogens is 256 g/mol. The minimum absolute atomic E-state index is 0.598. The first-order valence-corrected chi connectivity index (χ1v) is 7.07. The Morgan fingerprint density at radius 1 is 1.26 bits per heavy atom. The molecule has 3 nitrogen and oxygen atoms in total. The van der Waals surface area contributed by atoms with Gasteiger partial charge in [0.15, 0.2) is 0 Å². The highest BCUT2D eigenvalue weighted by molar-refractivity contribution is 7.16. The Morgan fingerprint density at radius 2 is 1.95 bits per heavy atom. The fourth-order valence-electron chi connectivity index (χ4n) is 2.01. The van der Waals surface area contributed by atoms with E-state index in [1.165, 1.54) is 11.3 Å². The average molecular weight is 272 g/mol. The van der Waals surface area contributed by atoms with Gasteiger partial charge in [0, 0.05) is 4.88 Å². The first kappa shape index (κ1) is 13.4. The molecule has 0 amide bonds. The third-order valence-corrected chi connectivity index (χ3v) is 4.13. The van der Waals surface area contributed by atoms with Crippen LogP contribution in [0.25, 0.3) is 10.4 Å². The summed E-state index contributed by atoms with van der Waals surface area (Å²) in [5, 5.41) is 9.07. The summed E-state index contributed by atoms with van der Waals surface area (Å²) >= 11 is 1.46. The van der Waals surface area contributed by atoms with Crippen LogP contribution in [-0.4, -0.2) is 6.61 Å². The topological polar surface area (TPSA) is 59.0 Å². The second-order valence-corrected chi connectivity index (χ2v) is 5.10. The standard InChI is InChI=1S/C15H16N2OS/c1-3-12-14(17)13(9-16)19-15(12)10-5-7-11(8-6-10)18-4-2/h5-8H,3-4,17H2,1-2H3. The summed E-state index contributed by atoms with van der Waals surface area (Å²) in [7, 11) is 0. The van der Waals surface area contributed by atoms with Gasteiger partial charge in [0.2, 0.25) is 0 Å². The van der Waals surface area contributed by atoms with E-state index in [0.29, 0.717) is 17.2 Å². The van der Waals surface area contributed by atoms with E-state index in [9.17, 15) is 0 Å². The molecule has 0 saturated carbocycles. The van der Waals surface area contributed by atoms with Crippen LogP contribution in [0.5, 0.6) is 5.75 Å². The molecule has 0 unspecified atom stereocenters. The predicted octanol–water partition coefficient (Wildman–Crippen LogP) is 3.83. The molecule has 1 aromatic carbocycles. The molecule has 0 aliphatic heterocycles. The van der Waals surface area contributed by atoms with Gasteiger partial charge in [-0.1, -0.05) is 6.92 Å². The highest BCUT2D eigenvalue weighted by Crippen LogP contribution is 2.39. The van der Waals surface area contributed by atoms with E-state index in [1.54, 1.807) is 0 Å². The molecule has 0 aliphatic carbocycles. The van der Waals surface area contributed by atoms with E-state index in [2.05, 4.69) is 13.0 Å². The lowest BCUT2D eigenvalue weighted by Crippen LogP contribution is -1.92. The second-order valence-electron chi connectivity index (χ2n) is 4.08. The van der Waals surface area contributed by atoms with Gasteiger partial charge >= 0.3 is 0 Å². The SMILES string of the molecule is CCOc1ccc(-c2sc(C#N)c(N)c2CC)cc1. The van der Waals surface area contributed by atoms with Crippen LogP contribution in [0.3, 0.4) is 0 Å². The molecule has 0 spiro atoms. The third-order valence-electron chi connectivity index (χ3n) is 2.93. The van der Waals surface area contributed by atoms with Crippen molar-refractivity contribution in [3.8, 4) is 22.3 Å². The van der Waals surface area contributed by atoms with Crippen molar-refractivity contribution in [1.29, 1.82) is 5.26 Å². The van der Waals surface area contributed by atoms with Gasteiger partial charge in [0.05, 0.1) is 12.3 Å². The van der Waals surface area contributed by atoms with E-state index in [-0.39, 0.29) is 0 Å². The number of hydrogen-bond acceptors (Lipinski definition) is 4. The largest absolute Gasteiger partial charge is 0.494 e. The first-order valence-electron chi connectivity index (χ1n) is 6.25. The summed E-state index contributed by atoms with van der Waals surface area (Å²) in [5.74, 6) is 0.856. The van der Waals surface area contributed by atoms with Gasteiger partial charge in [-0.15, -0.1) is 11.3 Å². The summed E-state index contributed by atoms with van der Waals surface area (Å²) in [6, 6.07) is 10.1. The number of ether oxygens (including phenoxy) is 1. The van der Waals surface area contributed by atoms with Crippen LogP contribution >= 0.6 is 11.3 Å². The molecule has 0 saturated heterocycles. The molecule has 0 fully saturated rings. The Bertz CT molecular complexity index is 608. The summed E-state index contributed by atoms with van der Waals surface area (Å²) in [6.45, 7) is 4.67. The predicted molar refractivity (Wildman–Crippen MR) is 79.4 cm³/mol. The van der Waals surface area contributed by atoms with E-state index in [4.69, 9.17) is 15.7 Å². The van der Waals surface area contributed by atoms with Crippen molar-refractivity contribution in [3.63, 3.8) is 0 Å². The van der Waals surface area contributed by atoms with Crippen molar-refractivity contribution < 1.29 is 4.74 Å². The number of rotatable bonds is 4. The molecule has 2 N–H and O–H groups in total. The van der Waals surface area contributed by atoms with Crippen molar-refractivity contribution in [2.75, 3.05) is 12.3 Å². The van der Waals surface area contributed by atoms with E-state index >= 15 is 0 Å². The van der Waals surface area contributed by atoms with Gasteiger partial charge in [0.25, 0.3) is 0 Å². The van der Waals surface area contributed by atoms with Crippen molar-refractivity contribution >= 4 is 17.0 Å². The lowest BCUT2D eigenvalue weighted by molar-refractivity contribution is 0.340. The van der Waals surface area contributed by atoms with Crippen LogP contribution in [0.2, 0.25) is 0 Å². The zero-order chi connectivity index (χ0) is 13.8. The Balaban J connectivity index is 2.44. The molecule has 0 bridgehead atoms. The molecule has 98 valence electrons. The molecule has 1 aromatic heterocycles. The summed E-state index contributed by atoms with van der Waals surface area (Å²) in [6.07, 6.45) is 0.826. The molecule has 19 heavy (non-hydrogen) atoms. The van der Waals surface area contributed by atoms with E-state index < -0.39 is 0 Å². The lowest BCUT2D eigenvalue weighted by atomic mass is 10.1. The number of anilines is 1. The zero-order valence-electron chi connectivity index (χ0n) is 11.1. The van der Waals surface area contributed by atoms with Gasteiger partial charge < -0.3 is 10.5 Å². The van der Waals surface area contributed by atoms with Crippen molar-refractivity contribution in [2.24, 2.45) is 0 Å². The van der Waals surface area contributed by atoms with Crippen LogP contribution < -0.4 is 10.5 Å². The van der Waals surface area contributed by atoms with Gasteiger partial charge in [-0.25, -0.2) is 0 Å². The molecule has 0 aliphatic rings. The van der Waals surface area contributed by atoms with Crippen LogP contribution in [0.4, 0.5) is 5.69 Å². The van der Waals surface area contributed by atoms with Crippen LogP contribution in [0.1, 0.15) is 24.3 Å². The first-order chi connectivity index (χ1) is 9.21. The number of hydrogen-bond donors (Lipinski definition) is 1. The summed E-state index contributed by atoms with van der Waals surface area (Å²) < 4.78 is 5.43. The number of nitrogens with zero attached hydrogens (tertiary/aromatic N) is 1. The van der Waals surface area contributed by atoms with Crippen LogP contribution in [0, 0.1) is 11.3 Å². The second kappa shape index (κ2) is 5.77. The third kappa shape index (κ3) is 2.56. The van der Waals surface area contributed by atoms with Gasteiger partial charge in [-0.05, 0) is 48.7 Å². The number of benzene rings is 1. The normalized spacial score (nSPS) is 10.2. The van der Waals surface area contributed by atoms with Crippen molar-refractivity contribution in [1.82, 2.24) is 0 Å². The number of nitrogen functional groups attached to an aromatic ring is 1. The Kier molecular flexibility index (Phi) is 4.08. The van der Waals surface area contributed by atoms with E-state index in [0.717, 1.165) is 28.2 Å². The number of nitriles is 1. The highest BCUT2D eigenvalue weighted by atomic mass is 32.1. The maximum absolute atomic E-state index is 9.07. The Labute approximate surface area is 117 Å². The smallest absolute Gasteiger partial charge is 0.128 e. The minimum Gasteiger partial charge on any atom is -0.494 e. The average Bonchev–Trinajstić information content (AvgIpc) is 2.76. The molecule has 0 atom stereocenters. The molecular formula is C15H16N2OS. The number of thiophene rings is 1. The van der Waals surface area contributed by atoms with Gasteiger partial charge in [-0.3, -0.25) is 0 Å². The molecule has 0 radical (unpaired) electrons. The maximum Gasteiger partial charge on any atom is 0.128 e.